The van der Waals surface area contributed by atoms with E-state index < -0.39 is 43.0 Å². The molecule has 0 radical (unpaired) electrons. The van der Waals surface area contributed by atoms with Gasteiger partial charge in [0.25, 0.3) is 20.2 Å². The summed E-state index contributed by atoms with van der Waals surface area (Å²) in [6, 6.07) is 0. The molecule has 0 aromatic heterocycles. The highest BCUT2D eigenvalue weighted by atomic mass is 32.2. The summed E-state index contributed by atoms with van der Waals surface area (Å²) >= 11 is 0. The first-order valence-corrected chi connectivity index (χ1v) is 11.6. The van der Waals surface area contributed by atoms with Crippen molar-refractivity contribution < 1.29 is 34.7 Å². The minimum absolute atomic E-state index is 0.0580. The van der Waals surface area contributed by atoms with Crippen molar-refractivity contribution in [2.75, 3.05) is 12.5 Å². The Bertz CT molecular complexity index is 762. The molecular formula is C15H22O8S2. The van der Waals surface area contributed by atoms with Crippen molar-refractivity contribution >= 4 is 26.2 Å². The van der Waals surface area contributed by atoms with E-state index in [-0.39, 0.29) is 25.2 Å². The minimum Gasteiger partial charge on any atom is -0.456 e. The topological polar surface area (TPSA) is 113 Å². The second-order valence-corrected chi connectivity index (χ2v) is 10.9. The van der Waals surface area contributed by atoms with Crippen LogP contribution >= 0.6 is 0 Å². The van der Waals surface area contributed by atoms with Gasteiger partial charge in [0.15, 0.2) is 0 Å². The van der Waals surface area contributed by atoms with E-state index in [1.165, 1.54) is 0 Å². The average molecular weight is 394 g/mol. The third-order valence-corrected chi connectivity index (χ3v) is 6.37. The van der Waals surface area contributed by atoms with Crippen LogP contribution in [0.4, 0.5) is 0 Å². The highest BCUT2D eigenvalue weighted by molar-refractivity contribution is 7.86. The van der Waals surface area contributed by atoms with Crippen LogP contribution in [-0.2, 0) is 38.1 Å². The van der Waals surface area contributed by atoms with Gasteiger partial charge in [0, 0.05) is 25.3 Å². The summed E-state index contributed by atoms with van der Waals surface area (Å²) in [5.41, 5.74) is -3.27. The number of ether oxygens (including phenoxy) is 1. The van der Waals surface area contributed by atoms with Gasteiger partial charge < -0.3 is 4.74 Å². The Kier molecular flexibility index (Phi) is 4.15. The maximum Gasteiger partial charge on any atom is 0.330 e. The molecule has 8 nitrogen and oxygen atoms in total. The number of hydrogen-bond donors (Lipinski definition) is 0. The molecule has 4 fully saturated rings. The second-order valence-electron chi connectivity index (χ2n) is 7.76. The van der Waals surface area contributed by atoms with Crippen LogP contribution in [0.15, 0.2) is 12.7 Å². The van der Waals surface area contributed by atoms with Crippen LogP contribution in [0.5, 0.6) is 0 Å². The summed E-state index contributed by atoms with van der Waals surface area (Å²) in [4.78, 5) is 11.8. The van der Waals surface area contributed by atoms with Gasteiger partial charge >= 0.3 is 5.97 Å². The number of hydrogen-bond acceptors (Lipinski definition) is 8. The van der Waals surface area contributed by atoms with Gasteiger partial charge in [0.2, 0.25) is 0 Å². The van der Waals surface area contributed by atoms with Crippen LogP contribution in [0.1, 0.15) is 38.5 Å². The van der Waals surface area contributed by atoms with Crippen LogP contribution in [0.25, 0.3) is 0 Å². The van der Waals surface area contributed by atoms with Crippen LogP contribution < -0.4 is 0 Å². The lowest BCUT2D eigenvalue weighted by atomic mass is 9.50. The molecule has 10 heteroatoms. The maximum atomic E-state index is 11.8. The van der Waals surface area contributed by atoms with Crippen molar-refractivity contribution in [3.8, 4) is 0 Å². The predicted octanol–water partition coefficient (Wildman–Crippen LogP) is 0.882. The summed E-state index contributed by atoms with van der Waals surface area (Å²) < 4.78 is 63.5. The standard InChI is InChI=1S/C15H22O8S2/c1-4-12(16)21-13-5-11-6-14(8-13,22-24(2,17)18)10-15(7-11,9-13)23-25(3,19)20/h4,11H,1,5-10H2,2-3H3. The highest BCUT2D eigenvalue weighted by Gasteiger charge is 2.68. The maximum absolute atomic E-state index is 11.8. The molecule has 0 aromatic carbocycles. The van der Waals surface area contributed by atoms with Crippen molar-refractivity contribution in [2.24, 2.45) is 5.92 Å². The van der Waals surface area contributed by atoms with Crippen LogP contribution in [-0.4, -0.2) is 52.1 Å². The van der Waals surface area contributed by atoms with Crippen molar-refractivity contribution in [3.05, 3.63) is 12.7 Å². The summed E-state index contributed by atoms with van der Waals surface area (Å²) in [6.07, 6.45) is 4.91. The van der Waals surface area contributed by atoms with E-state index in [4.69, 9.17) is 13.1 Å². The van der Waals surface area contributed by atoms with E-state index in [1.807, 2.05) is 0 Å². The predicted molar refractivity (Wildman–Crippen MR) is 87.5 cm³/mol. The molecule has 4 bridgehead atoms. The second kappa shape index (κ2) is 5.51. The monoisotopic (exact) mass is 394 g/mol. The molecule has 0 aromatic rings. The molecule has 4 aliphatic rings. The first-order chi connectivity index (χ1) is 11.3. The highest BCUT2D eigenvalue weighted by Crippen LogP contribution is 2.63. The molecule has 4 aliphatic carbocycles. The molecule has 25 heavy (non-hydrogen) atoms. The Morgan fingerprint density at radius 2 is 1.32 bits per heavy atom. The molecule has 4 rings (SSSR count). The SMILES string of the molecule is C=CC(=O)OC12CC3CC(OS(C)(=O)=O)(C1)CC(OS(C)(=O)=O)(C3)C2. The fourth-order valence-corrected chi connectivity index (χ4v) is 7.03. The van der Waals surface area contributed by atoms with Crippen LogP contribution in [0.3, 0.4) is 0 Å². The summed E-state index contributed by atoms with van der Waals surface area (Å²) in [5, 5.41) is 0. The fraction of sp³-hybridized carbons (Fsp3) is 0.800. The van der Waals surface area contributed by atoms with E-state index in [1.54, 1.807) is 0 Å². The van der Waals surface area contributed by atoms with Crippen molar-refractivity contribution in [1.29, 1.82) is 0 Å². The first kappa shape index (κ1) is 18.8. The largest absolute Gasteiger partial charge is 0.456 e. The Morgan fingerprint density at radius 3 is 1.72 bits per heavy atom. The smallest absolute Gasteiger partial charge is 0.330 e. The van der Waals surface area contributed by atoms with Gasteiger partial charge in [-0.25, -0.2) is 4.79 Å². The lowest BCUT2D eigenvalue weighted by Gasteiger charge is -2.63. The fourth-order valence-electron chi connectivity index (χ4n) is 5.37. The third-order valence-electron chi connectivity index (χ3n) is 5.06. The van der Waals surface area contributed by atoms with E-state index in [2.05, 4.69) is 6.58 Å². The summed E-state index contributed by atoms with van der Waals surface area (Å²) in [5.74, 6) is -0.691. The van der Waals surface area contributed by atoms with Crippen LogP contribution in [0, 0.1) is 5.92 Å². The number of rotatable bonds is 6. The Morgan fingerprint density at radius 1 is 0.920 bits per heavy atom. The molecule has 4 saturated carbocycles. The Labute approximate surface area is 147 Å². The molecule has 0 saturated heterocycles. The number of carbonyl (C=O) groups is 1. The Balaban J connectivity index is 2.03. The van der Waals surface area contributed by atoms with Gasteiger partial charge in [-0.3, -0.25) is 8.37 Å². The molecular weight excluding hydrogens is 372 g/mol. The van der Waals surface area contributed by atoms with E-state index >= 15 is 0 Å². The van der Waals surface area contributed by atoms with Crippen molar-refractivity contribution in [1.82, 2.24) is 0 Å². The summed E-state index contributed by atoms with van der Waals surface area (Å²) in [6.45, 7) is 3.38. The number of carbonyl (C=O) groups excluding carboxylic acids is 1. The van der Waals surface area contributed by atoms with Gasteiger partial charge in [0.05, 0.1) is 23.7 Å². The van der Waals surface area contributed by atoms with Gasteiger partial charge in [-0.2, -0.15) is 16.8 Å². The van der Waals surface area contributed by atoms with E-state index in [0.717, 1.165) is 18.6 Å². The van der Waals surface area contributed by atoms with Crippen molar-refractivity contribution in [3.63, 3.8) is 0 Å². The lowest BCUT2D eigenvalue weighted by molar-refractivity contribution is -0.243. The van der Waals surface area contributed by atoms with Gasteiger partial charge in [-0.05, 0) is 25.2 Å². The molecule has 142 valence electrons. The molecule has 0 amide bonds. The molecule has 0 spiro atoms. The van der Waals surface area contributed by atoms with Crippen molar-refractivity contribution in [2.45, 2.75) is 55.3 Å². The molecule has 0 heterocycles. The molecule has 2 unspecified atom stereocenters. The van der Waals surface area contributed by atoms with E-state index in [9.17, 15) is 21.6 Å². The molecule has 0 aliphatic heterocycles. The number of esters is 1. The zero-order valence-electron chi connectivity index (χ0n) is 14.2. The van der Waals surface area contributed by atoms with Gasteiger partial charge in [-0.1, -0.05) is 6.58 Å². The zero-order valence-corrected chi connectivity index (χ0v) is 15.8. The Hall–Kier alpha value is -0.970. The first-order valence-electron chi connectivity index (χ1n) is 7.94. The van der Waals surface area contributed by atoms with Gasteiger partial charge in [-0.15, -0.1) is 0 Å². The van der Waals surface area contributed by atoms with Gasteiger partial charge in [0.1, 0.15) is 5.60 Å². The molecule has 2 atom stereocenters. The lowest BCUT2D eigenvalue weighted by Crippen LogP contribution is -2.68. The van der Waals surface area contributed by atoms with Crippen LogP contribution in [0.2, 0.25) is 0 Å². The average Bonchev–Trinajstić information content (AvgIpc) is 2.29. The zero-order chi connectivity index (χ0) is 18.7. The summed E-state index contributed by atoms with van der Waals surface area (Å²) in [7, 11) is -7.57. The normalized spacial score (nSPS) is 40.0. The van der Waals surface area contributed by atoms with E-state index in [0.29, 0.717) is 19.3 Å². The molecule has 0 N–H and O–H groups in total. The quantitative estimate of drug-likeness (QED) is 0.371. The third kappa shape index (κ3) is 3.91. The minimum atomic E-state index is -3.78.